The van der Waals surface area contributed by atoms with Gasteiger partial charge in [-0.25, -0.2) is 0 Å². The predicted octanol–water partition coefficient (Wildman–Crippen LogP) is 3.20. The van der Waals surface area contributed by atoms with Gasteiger partial charge in [-0.1, -0.05) is 0 Å². The Morgan fingerprint density at radius 2 is 1.47 bits per heavy atom. The summed E-state index contributed by atoms with van der Waals surface area (Å²) in [6, 6.07) is 9.95. The molecule has 0 saturated heterocycles. The van der Waals surface area contributed by atoms with Crippen LogP contribution in [0.1, 0.15) is 5.56 Å². The first kappa shape index (κ1) is 11.9. The van der Waals surface area contributed by atoms with Gasteiger partial charge in [0, 0.05) is 0 Å². The van der Waals surface area contributed by atoms with Gasteiger partial charge in [-0.3, -0.25) is 0 Å². The predicted molar refractivity (Wildman–Crippen MR) is 69.7 cm³/mol. The molecule has 0 amide bonds. The third-order valence-corrected chi connectivity index (χ3v) is 9.59. The van der Waals surface area contributed by atoms with E-state index in [1.165, 1.54) is 0 Å². The molecule has 0 bridgehead atoms. The Kier molecular flexibility index (Phi) is 4.45. The summed E-state index contributed by atoms with van der Waals surface area (Å²) < 4.78 is 9.15. The zero-order chi connectivity index (χ0) is 11.1. The van der Waals surface area contributed by atoms with Crippen molar-refractivity contribution >= 4 is 18.4 Å². The van der Waals surface area contributed by atoms with Gasteiger partial charge >= 0.3 is 96.1 Å². The fourth-order valence-corrected chi connectivity index (χ4v) is 4.44. The third kappa shape index (κ3) is 3.14. The van der Waals surface area contributed by atoms with Gasteiger partial charge in [-0.2, -0.15) is 0 Å². The van der Waals surface area contributed by atoms with Crippen LogP contribution in [0.2, 0.25) is 0 Å². The summed E-state index contributed by atoms with van der Waals surface area (Å²) in [5.41, 5.74) is 1.03. The molecule has 1 heteroatoms. The van der Waals surface area contributed by atoms with Gasteiger partial charge in [0.05, 0.1) is 0 Å². The number of hydrogen-bond acceptors (Lipinski definition) is 0. The quantitative estimate of drug-likeness (QED) is 0.594. The second-order valence-corrected chi connectivity index (χ2v) is 12.7. The molecule has 0 nitrogen and oxygen atoms in total. The van der Waals surface area contributed by atoms with Gasteiger partial charge in [0.15, 0.2) is 0 Å². The molecule has 0 aliphatic rings. The van der Waals surface area contributed by atoms with Crippen molar-refractivity contribution in [2.45, 2.75) is 0 Å². The van der Waals surface area contributed by atoms with E-state index < -0.39 is 18.4 Å². The Balaban J connectivity index is 3.03. The van der Waals surface area contributed by atoms with E-state index in [9.17, 15) is 0 Å². The standard InChI is InChI=1S/C8H5.3C2H3.Sn/c1-2-8-6-4-3-5-7-8;3*1-2;/h3-7H;3*1H,2H2;. The number of hydrogen-bond donors (Lipinski definition) is 0. The van der Waals surface area contributed by atoms with Crippen molar-refractivity contribution in [2.24, 2.45) is 0 Å². The van der Waals surface area contributed by atoms with Crippen LogP contribution in [0.15, 0.2) is 62.3 Å². The van der Waals surface area contributed by atoms with Crippen molar-refractivity contribution in [1.82, 2.24) is 0 Å². The van der Waals surface area contributed by atoms with E-state index in [-0.39, 0.29) is 0 Å². The van der Waals surface area contributed by atoms with Crippen molar-refractivity contribution in [3.05, 3.63) is 67.9 Å². The second-order valence-electron chi connectivity index (χ2n) is 3.16. The molecule has 0 atom stereocenters. The van der Waals surface area contributed by atoms with Crippen LogP contribution in [0.3, 0.4) is 0 Å². The van der Waals surface area contributed by atoms with Crippen LogP contribution in [-0.2, 0) is 0 Å². The first-order valence-electron chi connectivity index (χ1n) is 4.75. The topological polar surface area (TPSA) is 0 Å². The molecule has 1 aromatic carbocycles. The average Bonchev–Trinajstić information content (AvgIpc) is 2.33. The molecule has 0 unspecified atom stereocenters. The SMILES string of the molecule is C=[CH][Sn]([C]#Cc1ccccc1)([CH]=C)[CH]=C. The van der Waals surface area contributed by atoms with E-state index in [2.05, 4.69) is 29.6 Å². The molecular weight excluding hydrogens is 287 g/mol. The van der Waals surface area contributed by atoms with Crippen molar-refractivity contribution in [3.63, 3.8) is 0 Å². The molecule has 15 heavy (non-hydrogen) atoms. The fraction of sp³-hybridized carbons (Fsp3) is 0. The van der Waals surface area contributed by atoms with Crippen LogP contribution in [0.25, 0.3) is 0 Å². The summed E-state index contributed by atoms with van der Waals surface area (Å²) in [6.07, 6.45) is 0. The summed E-state index contributed by atoms with van der Waals surface area (Å²) >= 11 is -2.73. The van der Waals surface area contributed by atoms with E-state index in [0.717, 1.165) is 5.56 Å². The van der Waals surface area contributed by atoms with Crippen LogP contribution < -0.4 is 0 Å². The molecule has 1 aromatic rings. The molecule has 0 heterocycles. The fourth-order valence-electron chi connectivity index (χ4n) is 1.11. The van der Waals surface area contributed by atoms with E-state index in [4.69, 9.17) is 0 Å². The number of benzene rings is 1. The first-order valence-corrected chi connectivity index (χ1v) is 11.1. The minimum absolute atomic E-state index is 1.03. The molecule has 74 valence electrons. The summed E-state index contributed by atoms with van der Waals surface area (Å²) in [4.78, 5) is 0. The molecule has 0 radical (unpaired) electrons. The van der Waals surface area contributed by atoms with Crippen molar-refractivity contribution < 1.29 is 0 Å². The molecule has 1 rings (SSSR count). The molecule has 0 spiro atoms. The van der Waals surface area contributed by atoms with Crippen molar-refractivity contribution in [3.8, 4) is 9.86 Å². The van der Waals surface area contributed by atoms with Gasteiger partial charge in [0.25, 0.3) is 0 Å². The Morgan fingerprint density at radius 3 is 1.93 bits per heavy atom. The Labute approximate surface area is 95.9 Å². The van der Waals surface area contributed by atoms with Gasteiger partial charge in [-0.15, -0.1) is 0 Å². The molecule has 0 aliphatic heterocycles. The molecular formula is C14H14Sn. The first-order chi connectivity index (χ1) is 7.26. The van der Waals surface area contributed by atoms with Crippen LogP contribution >= 0.6 is 0 Å². The van der Waals surface area contributed by atoms with Crippen LogP contribution in [0.4, 0.5) is 0 Å². The van der Waals surface area contributed by atoms with Gasteiger partial charge < -0.3 is 0 Å². The van der Waals surface area contributed by atoms with Crippen LogP contribution in [0.5, 0.6) is 0 Å². The average molecular weight is 301 g/mol. The Hall–Kier alpha value is -1.20. The summed E-state index contributed by atoms with van der Waals surface area (Å²) in [5, 5.41) is 0. The zero-order valence-corrected chi connectivity index (χ0v) is 11.6. The Morgan fingerprint density at radius 1 is 0.933 bits per heavy atom. The van der Waals surface area contributed by atoms with E-state index >= 15 is 0 Å². The third-order valence-electron chi connectivity index (χ3n) is 2.21. The van der Waals surface area contributed by atoms with Gasteiger partial charge in [0.1, 0.15) is 0 Å². The molecule has 0 aromatic heterocycles. The molecule has 0 fully saturated rings. The number of rotatable bonds is 3. The maximum atomic E-state index is 3.84. The van der Waals surface area contributed by atoms with Gasteiger partial charge in [0.2, 0.25) is 0 Å². The van der Waals surface area contributed by atoms with E-state index in [1.54, 1.807) is 0 Å². The molecule has 0 saturated carbocycles. The monoisotopic (exact) mass is 302 g/mol. The molecule has 0 aliphatic carbocycles. The van der Waals surface area contributed by atoms with Gasteiger partial charge in [-0.05, 0) is 0 Å². The minimum atomic E-state index is -2.73. The summed E-state index contributed by atoms with van der Waals surface area (Å²) in [6.45, 7) is 11.5. The maximum absolute atomic E-state index is 3.84. The van der Waals surface area contributed by atoms with Crippen LogP contribution in [-0.4, -0.2) is 18.4 Å². The zero-order valence-electron chi connectivity index (χ0n) is 8.74. The van der Waals surface area contributed by atoms with Crippen molar-refractivity contribution in [2.75, 3.05) is 0 Å². The van der Waals surface area contributed by atoms with E-state index in [1.807, 2.05) is 42.6 Å². The van der Waals surface area contributed by atoms with Crippen LogP contribution in [0, 0.1) is 9.86 Å². The molecule has 0 N–H and O–H groups in total. The van der Waals surface area contributed by atoms with Crippen molar-refractivity contribution in [1.29, 1.82) is 0 Å². The second kappa shape index (κ2) is 5.62. The van der Waals surface area contributed by atoms with E-state index in [0.29, 0.717) is 0 Å². The summed E-state index contributed by atoms with van der Waals surface area (Å²) in [5.74, 6) is 3.17. The normalized spacial score (nSPS) is 9.60. The summed E-state index contributed by atoms with van der Waals surface area (Å²) in [7, 11) is 0. The Bertz CT molecular complexity index is 396.